The highest BCUT2D eigenvalue weighted by atomic mass is 127. The maximum absolute atomic E-state index is 4.42. The van der Waals surface area contributed by atoms with E-state index in [2.05, 4.69) is 32.6 Å². The molecule has 12 heavy (non-hydrogen) atoms. The van der Waals surface area contributed by atoms with Gasteiger partial charge in [-0.25, -0.2) is 4.98 Å². The Balaban J connectivity index is 2.88. The van der Waals surface area contributed by atoms with Gasteiger partial charge >= 0.3 is 0 Å². The molecule has 0 atom stereocenters. The zero-order valence-electron chi connectivity index (χ0n) is 6.58. The average Bonchev–Trinajstić information content (AvgIpc) is 2.07. The van der Waals surface area contributed by atoms with Gasteiger partial charge in [-0.05, 0) is 47.2 Å². The van der Waals surface area contributed by atoms with Gasteiger partial charge < -0.3 is 0 Å². The van der Waals surface area contributed by atoms with Crippen LogP contribution in [0.1, 0.15) is 5.56 Å². The first-order valence-electron chi connectivity index (χ1n) is 3.64. The first-order valence-corrected chi connectivity index (χ1v) is 4.72. The summed E-state index contributed by atoms with van der Waals surface area (Å²) < 4.78 is 1.02. The molecule has 0 saturated carbocycles. The number of halogens is 1. The van der Waals surface area contributed by atoms with Gasteiger partial charge in [-0.2, -0.15) is 0 Å². The lowest BCUT2D eigenvalue weighted by molar-refractivity contribution is 1.25. The molecule has 2 nitrogen and oxygen atoms in total. The average molecular weight is 270 g/mol. The number of pyridine rings is 2. The van der Waals surface area contributed by atoms with Crippen LogP contribution in [0.5, 0.6) is 0 Å². The standard InChI is InChI=1S/C9H7IN2/c1-6-4-11-5-7-2-3-8(10)12-9(6)7/h2-5H,1H3. The Morgan fingerprint density at radius 2 is 2.08 bits per heavy atom. The molecule has 0 unspecified atom stereocenters. The fraction of sp³-hybridized carbons (Fsp3) is 0.111. The molecule has 0 amide bonds. The van der Waals surface area contributed by atoms with Crippen LogP contribution in [0, 0.1) is 10.6 Å². The summed E-state index contributed by atoms with van der Waals surface area (Å²) in [6, 6.07) is 4.04. The van der Waals surface area contributed by atoms with Crippen molar-refractivity contribution in [3.05, 3.63) is 33.8 Å². The fourth-order valence-corrected chi connectivity index (χ4v) is 1.58. The summed E-state index contributed by atoms with van der Waals surface area (Å²) in [5.41, 5.74) is 2.18. The second-order valence-corrected chi connectivity index (χ2v) is 3.77. The third kappa shape index (κ3) is 1.29. The van der Waals surface area contributed by atoms with E-state index >= 15 is 0 Å². The Hall–Kier alpha value is -0.710. The van der Waals surface area contributed by atoms with Crippen LogP contribution in [0.25, 0.3) is 10.9 Å². The lowest BCUT2D eigenvalue weighted by atomic mass is 10.2. The maximum atomic E-state index is 4.42. The van der Waals surface area contributed by atoms with E-state index in [1.165, 1.54) is 0 Å². The second kappa shape index (κ2) is 2.97. The Labute approximate surface area is 84.2 Å². The predicted molar refractivity (Wildman–Crippen MR) is 57.0 cm³/mol. The number of rotatable bonds is 0. The number of nitrogens with zero attached hydrogens (tertiary/aromatic N) is 2. The molecule has 0 aliphatic heterocycles. The van der Waals surface area contributed by atoms with Crippen molar-refractivity contribution in [3.8, 4) is 0 Å². The van der Waals surface area contributed by atoms with Crippen molar-refractivity contribution in [2.75, 3.05) is 0 Å². The normalized spacial score (nSPS) is 10.5. The van der Waals surface area contributed by atoms with Gasteiger partial charge in [-0.1, -0.05) is 0 Å². The molecule has 3 heteroatoms. The number of hydrogen-bond donors (Lipinski definition) is 0. The zero-order valence-corrected chi connectivity index (χ0v) is 8.74. The Morgan fingerprint density at radius 1 is 1.25 bits per heavy atom. The highest BCUT2D eigenvalue weighted by molar-refractivity contribution is 14.1. The van der Waals surface area contributed by atoms with E-state index in [-0.39, 0.29) is 0 Å². The minimum Gasteiger partial charge on any atom is -0.264 e. The summed E-state index contributed by atoms with van der Waals surface area (Å²) in [7, 11) is 0. The number of aromatic nitrogens is 2. The van der Waals surface area contributed by atoms with E-state index < -0.39 is 0 Å². The molecular formula is C9H7IN2. The molecule has 2 aromatic heterocycles. The van der Waals surface area contributed by atoms with Crippen molar-refractivity contribution in [3.63, 3.8) is 0 Å². The number of fused-ring (bicyclic) bond motifs is 1. The van der Waals surface area contributed by atoms with Crippen LogP contribution in [-0.2, 0) is 0 Å². The maximum Gasteiger partial charge on any atom is 0.102 e. The van der Waals surface area contributed by atoms with Crippen molar-refractivity contribution in [2.24, 2.45) is 0 Å². The predicted octanol–water partition coefficient (Wildman–Crippen LogP) is 2.54. The van der Waals surface area contributed by atoms with Crippen molar-refractivity contribution in [2.45, 2.75) is 6.92 Å². The molecule has 0 saturated heterocycles. The number of aryl methyl sites for hydroxylation is 1. The van der Waals surface area contributed by atoms with Gasteiger partial charge in [-0.3, -0.25) is 4.98 Å². The second-order valence-electron chi connectivity index (χ2n) is 2.66. The first kappa shape index (κ1) is 7.91. The summed E-state index contributed by atoms with van der Waals surface area (Å²) in [6.45, 7) is 2.03. The largest absolute Gasteiger partial charge is 0.264 e. The molecule has 0 aliphatic carbocycles. The summed E-state index contributed by atoms with van der Waals surface area (Å²) in [6.07, 6.45) is 3.68. The lowest BCUT2D eigenvalue weighted by Gasteiger charge is -1.99. The van der Waals surface area contributed by atoms with E-state index in [0.29, 0.717) is 0 Å². The van der Waals surface area contributed by atoms with E-state index in [1.54, 1.807) is 0 Å². The van der Waals surface area contributed by atoms with E-state index in [4.69, 9.17) is 0 Å². The van der Waals surface area contributed by atoms with Gasteiger partial charge in [0.05, 0.1) is 5.52 Å². The molecule has 0 aliphatic rings. The summed E-state index contributed by atoms with van der Waals surface area (Å²) >= 11 is 2.21. The molecule has 0 bridgehead atoms. The molecule has 60 valence electrons. The molecule has 0 radical (unpaired) electrons. The van der Waals surface area contributed by atoms with Crippen molar-refractivity contribution in [1.82, 2.24) is 9.97 Å². The SMILES string of the molecule is Cc1cncc2ccc(I)nc12. The highest BCUT2D eigenvalue weighted by Gasteiger charge is 1.98. The topological polar surface area (TPSA) is 25.8 Å². The molecule has 2 aromatic rings. The molecule has 2 rings (SSSR count). The molecule has 2 heterocycles. The smallest absolute Gasteiger partial charge is 0.102 e. The van der Waals surface area contributed by atoms with Crippen LogP contribution in [0.3, 0.4) is 0 Å². The summed E-state index contributed by atoms with van der Waals surface area (Å²) in [4.78, 5) is 8.52. The minimum atomic E-state index is 1.02. The zero-order chi connectivity index (χ0) is 8.55. The van der Waals surface area contributed by atoms with Gasteiger partial charge in [-0.15, -0.1) is 0 Å². The van der Waals surface area contributed by atoms with Crippen LogP contribution in [0.15, 0.2) is 24.5 Å². The fourth-order valence-electron chi connectivity index (χ4n) is 1.16. The van der Waals surface area contributed by atoms with E-state index in [1.807, 2.05) is 31.5 Å². The third-order valence-corrected chi connectivity index (χ3v) is 2.35. The van der Waals surface area contributed by atoms with Crippen molar-refractivity contribution in [1.29, 1.82) is 0 Å². The lowest BCUT2D eigenvalue weighted by Crippen LogP contribution is -1.87. The molecule has 0 aromatic carbocycles. The Kier molecular flexibility index (Phi) is 1.96. The van der Waals surface area contributed by atoms with Crippen LogP contribution >= 0.6 is 22.6 Å². The Bertz CT molecular complexity index is 426. The van der Waals surface area contributed by atoms with Gasteiger partial charge in [0.1, 0.15) is 3.70 Å². The van der Waals surface area contributed by atoms with Crippen LogP contribution in [0.2, 0.25) is 0 Å². The molecular weight excluding hydrogens is 263 g/mol. The van der Waals surface area contributed by atoms with Gasteiger partial charge in [0.2, 0.25) is 0 Å². The Morgan fingerprint density at radius 3 is 2.92 bits per heavy atom. The van der Waals surface area contributed by atoms with Gasteiger partial charge in [0.15, 0.2) is 0 Å². The van der Waals surface area contributed by atoms with Crippen molar-refractivity contribution >= 4 is 33.5 Å². The summed E-state index contributed by atoms with van der Waals surface area (Å²) in [5, 5.41) is 1.11. The number of hydrogen-bond acceptors (Lipinski definition) is 2. The minimum absolute atomic E-state index is 1.02. The van der Waals surface area contributed by atoms with E-state index in [9.17, 15) is 0 Å². The molecule has 0 N–H and O–H groups in total. The van der Waals surface area contributed by atoms with Gasteiger partial charge in [0, 0.05) is 17.8 Å². The van der Waals surface area contributed by atoms with Crippen molar-refractivity contribution < 1.29 is 0 Å². The molecule has 0 fully saturated rings. The van der Waals surface area contributed by atoms with E-state index in [0.717, 1.165) is 20.2 Å². The monoisotopic (exact) mass is 270 g/mol. The molecule has 0 spiro atoms. The van der Waals surface area contributed by atoms with Gasteiger partial charge in [0.25, 0.3) is 0 Å². The van der Waals surface area contributed by atoms with Crippen LogP contribution < -0.4 is 0 Å². The van der Waals surface area contributed by atoms with Crippen LogP contribution in [-0.4, -0.2) is 9.97 Å². The highest BCUT2D eigenvalue weighted by Crippen LogP contribution is 2.15. The first-order chi connectivity index (χ1) is 5.77. The third-order valence-electron chi connectivity index (χ3n) is 1.75. The quantitative estimate of drug-likeness (QED) is 0.543. The summed E-state index contributed by atoms with van der Waals surface area (Å²) in [5.74, 6) is 0. The van der Waals surface area contributed by atoms with Crippen LogP contribution in [0.4, 0.5) is 0 Å².